The number of benzene rings is 1. The third-order valence-electron chi connectivity index (χ3n) is 7.31. The lowest BCUT2D eigenvalue weighted by Gasteiger charge is -2.37. The molecule has 1 aromatic heterocycles. The first kappa shape index (κ1) is 29.5. The van der Waals surface area contributed by atoms with Crippen molar-refractivity contribution in [3.8, 4) is 11.4 Å². The average molecular weight is 550 g/mol. The summed E-state index contributed by atoms with van der Waals surface area (Å²) in [5, 5.41) is 5.83. The number of amides is 3. The van der Waals surface area contributed by atoms with E-state index in [1.165, 1.54) is 0 Å². The summed E-state index contributed by atoms with van der Waals surface area (Å²) in [4.78, 5) is 43.1. The lowest BCUT2D eigenvalue weighted by atomic mass is 9.91. The molecule has 0 spiro atoms. The molecule has 1 fully saturated rings. The number of carbonyl (C=O) groups is 2. The molecule has 0 saturated carbocycles. The van der Waals surface area contributed by atoms with Crippen LogP contribution in [0.2, 0.25) is 0 Å². The van der Waals surface area contributed by atoms with Gasteiger partial charge in [-0.2, -0.15) is 0 Å². The zero-order chi connectivity index (χ0) is 28.7. The van der Waals surface area contributed by atoms with Crippen LogP contribution in [0, 0.1) is 5.41 Å². The smallest absolute Gasteiger partial charge is 0.319 e. The second-order valence-electron chi connectivity index (χ2n) is 11.8. The van der Waals surface area contributed by atoms with E-state index in [0.717, 1.165) is 42.0 Å². The summed E-state index contributed by atoms with van der Waals surface area (Å²) in [6.07, 6.45) is 3.04. The van der Waals surface area contributed by atoms with Crippen LogP contribution in [0.15, 0.2) is 29.3 Å². The Morgan fingerprint density at radius 2 is 1.95 bits per heavy atom. The molecular formula is C30H43N7O3. The summed E-state index contributed by atoms with van der Waals surface area (Å²) in [6.45, 7) is 16.4. The third-order valence-corrected chi connectivity index (χ3v) is 7.31. The molecule has 1 unspecified atom stereocenters. The molecule has 216 valence electrons. The van der Waals surface area contributed by atoms with E-state index in [1.807, 2.05) is 29.2 Å². The molecule has 3 heterocycles. The molecule has 40 heavy (non-hydrogen) atoms. The second-order valence-corrected chi connectivity index (χ2v) is 11.8. The molecule has 1 aromatic carbocycles. The summed E-state index contributed by atoms with van der Waals surface area (Å²) in [7, 11) is 0. The minimum atomic E-state index is -0.216. The molecule has 10 heteroatoms. The van der Waals surface area contributed by atoms with E-state index in [4.69, 9.17) is 14.7 Å². The van der Waals surface area contributed by atoms with Gasteiger partial charge in [0.05, 0.1) is 31.5 Å². The van der Waals surface area contributed by atoms with Gasteiger partial charge >= 0.3 is 6.03 Å². The van der Waals surface area contributed by atoms with Crippen LogP contribution in [0.25, 0.3) is 11.4 Å². The van der Waals surface area contributed by atoms with Gasteiger partial charge in [-0.3, -0.25) is 4.79 Å². The number of hydrogen-bond donors (Lipinski definition) is 2. The number of hydrogen-bond acceptors (Lipinski definition) is 7. The number of ether oxygens (including phenoxy) is 1. The molecule has 10 nitrogen and oxygen atoms in total. The fourth-order valence-corrected chi connectivity index (χ4v) is 5.06. The number of morpholine rings is 1. The number of rotatable bonds is 9. The van der Waals surface area contributed by atoms with Crippen LogP contribution in [0.5, 0.6) is 0 Å². The molecule has 0 bridgehead atoms. The molecule has 1 atom stereocenters. The van der Waals surface area contributed by atoms with Crippen LogP contribution >= 0.6 is 0 Å². The first-order chi connectivity index (χ1) is 19.1. The Labute approximate surface area is 237 Å². The predicted octanol–water partition coefficient (Wildman–Crippen LogP) is 4.29. The molecule has 3 amide bonds. The summed E-state index contributed by atoms with van der Waals surface area (Å²) >= 11 is 0. The summed E-state index contributed by atoms with van der Waals surface area (Å²) in [6, 6.07) is 7.54. The lowest BCUT2D eigenvalue weighted by Crippen LogP contribution is -2.46. The van der Waals surface area contributed by atoms with Gasteiger partial charge in [0, 0.05) is 49.4 Å². The largest absolute Gasteiger partial charge is 0.377 e. The maximum Gasteiger partial charge on any atom is 0.319 e. The molecule has 0 radical (unpaired) electrons. The Balaban J connectivity index is 1.52. The zero-order valence-corrected chi connectivity index (χ0v) is 24.3. The van der Waals surface area contributed by atoms with Gasteiger partial charge < -0.3 is 30.2 Å². The van der Waals surface area contributed by atoms with Crippen molar-refractivity contribution in [1.82, 2.24) is 20.2 Å². The molecule has 2 aliphatic heterocycles. The van der Waals surface area contributed by atoms with Crippen molar-refractivity contribution in [2.45, 2.75) is 66.0 Å². The lowest BCUT2D eigenvalue weighted by molar-refractivity contribution is -0.131. The topological polar surface area (TPSA) is 112 Å². The van der Waals surface area contributed by atoms with Gasteiger partial charge in [-0.05, 0) is 62.6 Å². The molecule has 1 saturated heterocycles. The van der Waals surface area contributed by atoms with E-state index in [1.54, 1.807) is 0 Å². The van der Waals surface area contributed by atoms with Crippen molar-refractivity contribution in [3.63, 3.8) is 0 Å². The minimum absolute atomic E-state index is 0.0617. The van der Waals surface area contributed by atoms with Crippen molar-refractivity contribution < 1.29 is 14.3 Å². The Morgan fingerprint density at radius 3 is 2.65 bits per heavy atom. The average Bonchev–Trinajstić information content (AvgIpc) is 2.93. The van der Waals surface area contributed by atoms with Crippen molar-refractivity contribution in [2.24, 2.45) is 10.4 Å². The number of aliphatic imine (C=N–C) groups is 1. The van der Waals surface area contributed by atoms with Gasteiger partial charge in [-0.15, -0.1) is 0 Å². The van der Waals surface area contributed by atoms with Crippen LogP contribution in [-0.2, 0) is 22.5 Å². The van der Waals surface area contributed by atoms with E-state index in [0.29, 0.717) is 63.7 Å². The Hall–Kier alpha value is -3.53. The van der Waals surface area contributed by atoms with Crippen LogP contribution in [0.1, 0.15) is 58.2 Å². The first-order valence-electron chi connectivity index (χ1n) is 14.2. The summed E-state index contributed by atoms with van der Waals surface area (Å²) in [5.41, 5.74) is 3.78. The monoisotopic (exact) mass is 549 g/mol. The van der Waals surface area contributed by atoms with Gasteiger partial charge in [0.2, 0.25) is 5.91 Å². The van der Waals surface area contributed by atoms with Crippen molar-refractivity contribution >= 4 is 30.2 Å². The third kappa shape index (κ3) is 7.78. The van der Waals surface area contributed by atoms with Gasteiger partial charge in [0.1, 0.15) is 5.82 Å². The number of anilines is 2. The maximum absolute atomic E-state index is 12.7. The van der Waals surface area contributed by atoms with Crippen molar-refractivity contribution in [3.05, 3.63) is 35.5 Å². The van der Waals surface area contributed by atoms with Crippen molar-refractivity contribution in [2.75, 3.05) is 49.6 Å². The van der Waals surface area contributed by atoms with Crippen LogP contribution in [-0.4, -0.2) is 79.0 Å². The van der Waals surface area contributed by atoms with E-state index in [-0.39, 0.29) is 23.4 Å². The fraction of sp³-hybridized carbons (Fsp3) is 0.567. The zero-order valence-electron chi connectivity index (χ0n) is 24.3. The molecular weight excluding hydrogens is 506 g/mol. The highest BCUT2D eigenvalue weighted by Crippen LogP contribution is 2.32. The second kappa shape index (κ2) is 13.2. The summed E-state index contributed by atoms with van der Waals surface area (Å²) in [5.74, 6) is 1.59. The molecule has 4 rings (SSSR count). The number of aromatic nitrogens is 2. The number of carbonyl (C=O) groups excluding carboxylic acids is 2. The number of nitrogens with one attached hydrogen (secondary N) is 2. The molecule has 2 aromatic rings. The van der Waals surface area contributed by atoms with Gasteiger partial charge in [-0.1, -0.05) is 20.8 Å². The molecule has 2 N–H and O–H groups in total. The fourth-order valence-electron chi connectivity index (χ4n) is 5.06. The SMILES string of the molecule is C=NCCC(=O)N1CCc2c(nc(-c3ccc(NC(=O)NCCCC(C)(C)C)cc3)nc2N2CCOCC2C)C1. The van der Waals surface area contributed by atoms with E-state index in [9.17, 15) is 9.59 Å². The van der Waals surface area contributed by atoms with E-state index in [2.05, 4.69) is 54.9 Å². The van der Waals surface area contributed by atoms with Crippen molar-refractivity contribution in [1.29, 1.82) is 0 Å². The standard InChI is InChI=1S/C30H43N7O3/c1-21-20-40-18-17-37(21)28-24-12-16-36(26(38)11-15-31-5)19-25(24)34-27(35-28)22-7-9-23(10-8-22)33-29(39)32-14-6-13-30(2,3)4/h7-10,21H,5-6,11-20H2,1-4H3,(H2,32,33,39). The Morgan fingerprint density at radius 1 is 1.18 bits per heavy atom. The summed E-state index contributed by atoms with van der Waals surface area (Å²) < 4.78 is 5.68. The first-order valence-corrected chi connectivity index (χ1v) is 14.2. The Bertz CT molecular complexity index is 1190. The maximum atomic E-state index is 12.7. The highest BCUT2D eigenvalue weighted by Gasteiger charge is 2.30. The van der Waals surface area contributed by atoms with Gasteiger partial charge in [-0.25, -0.2) is 14.8 Å². The van der Waals surface area contributed by atoms with Gasteiger partial charge in [0.15, 0.2) is 5.82 Å². The minimum Gasteiger partial charge on any atom is -0.377 e. The number of nitrogens with zero attached hydrogens (tertiary/aromatic N) is 5. The highest BCUT2D eigenvalue weighted by atomic mass is 16.5. The predicted molar refractivity (Wildman–Crippen MR) is 159 cm³/mol. The molecule has 0 aliphatic carbocycles. The normalized spacial score (nSPS) is 17.2. The van der Waals surface area contributed by atoms with E-state index >= 15 is 0 Å². The van der Waals surface area contributed by atoms with Crippen LogP contribution in [0.4, 0.5) is 16.3 Å². The van der Waals surface area contributed by atoms with Gasteiger partial charge in [0.25, 0.3) is 0 Å². The quantitative estimate of drug-likeness (QED) is 0.357. The highest BCUT2D eigenvalue weighted by molar-refractivity contribution is 5.89. The number of fused-ring (bicyclic) bond motifs is 1. The molecule has 2 aliphatic rings. The number of urea groups is 1. The van der Waals surface area contributed by atoms with Crippen LogP contribution in [0.3, 0.4) is 0 Å². The van der Waals surface area contributed by atoms with E-state index < -0.39 is 0 Å². The Kier molecular flexibility index (Phi) is 9.73. The van der Waals surface area contributed by atoms with Crippen LogP contribution < -0.4 is 15.5 Å².